The van der Waals surface area contributed by atoms with E-state index in [0.29, 0.717) is 11.0 Å². The van der Waals surface area contributed by atoms with Crippen molar-refractivity contribution < 1.29 is 42.1 Å². The largest absolute Gasteiger partial charge is 0.472 e. The van der Waals surface area contributed by atoms with E-state index >= 15 is 0 Å². The molecule has 3 unspecified atom stereocenters. The molecular weight excluding hydrogens is 713 g/mol. The first-order chi connectivity index (χ1) is 26.5. The van der Waals surface area contributed by atoms with Gasteiger partial charge in [0, 0.05) is 12.3 Å². The molecule has 1 N–H and O–H groups in total. The van der Waals surface area contributed by atoms with Crippen LogP contribution in [-0.2, 0) is 32.7 Å². The molecule has 0 aromatic carbocycles. The maximum Gasteiger partial charge on any atom is 0.472 e. The van der Waals surface area contributed by atoms with Crippen molar-refractivity contribution in [3.8, 4) is 0 Å². The third-order valence-electron chi connectivity index (χ3n) is 10.5. The number of unbranched alkanes of at least 4 members (excludes halogenated alkanes) is 27. The smallest absolute Gasteiger partial charge is 0.457 e. The average molecular weight is 805 g/mol. The average Bonchev–Trinajstić information content (AvgIpc) is 3.14. The van der Waals surface area contributed by atoms with Gasteiger partial charge in [-0.15, -0.1) is 0 Å². The zero-order chi connectivity index (χ0) is 40.7. The summed E-state index contributed by atoms with van der Waals surface area (Å²) in [4.78, 5) is 34.8. The van der Waals surface area contributed by atoms with E-state index in [9.17, 15) is 19.0 Å². The van der Waals surface area contributed by atoms with Crippen molar-refractivity contribution in [2.75, 3.05) is 54.1 Å². The second-order valence-corrected chi connectivity index (χ2v) is 18.7. The van der Waals surface area contributed by atoms with E-state index < -0.39 is 13.9 Å². The second kappa shape index (κ2) is 38.7. The Morgan fingerprint density at radius 2 is 0.982 bits per heavy atom. The number of nitrogens with zero attached hydrogens (tertiary/aromatic N) is 1. The third kappa shape index (κ3) is 41.1. The van der Waals surface area contributed by atoms with Crippen molar-refractivity contribution in [1.29, 1.82) is 0 Å². The van der Waals surface area contributed by atoms with E-state index in [0.717, 1.165) is 44.8 Å². The van der Waals surface area contributed by atoms with E-state index in [1.54, 1.807) is 0 Å². The summed E-state index contributed by atoms with van der Waals surface area (Å²) in [6.07, 6.45) is 38.0. The standard InChI is InChI=1S/C45H90NO8P/c1-6-8-10-12-14-16-18-20-22-24-26-28-30-32-34-36-45(48)54-44(42-53-55(49,50)52-38-37-46(3,4)5)41-51-40-43(39-47)35-33-31-29-27-25-23-21-19-17-15-13-11-9-7-2/h39,43-44H,6-38,40-42H2,1-5H3/p+1. The minimum absolute atomic E-state index is 0.0213. The van der Waals surface area contributed by atoms with Crippen molar-refractivity contribution in [3.63, 3.8) is 0 Å². The number of hydrogen-bond acceptors (Lipinski definition) is 7. The highest BCUT2D eigenvalue weighted by Gasteiger charge is 2.26. The second-order valence-electron chi connectivity index (χ2n) is 17.2. The van der Waals surface area contributed by atoms with Crippen LogP contribution in [0.2, 0.25) is 0 Å². The summed E-state index contributed by atoms with van der Waals surface area (Å²) < 4.78 is 35.0. The molecule has 0 aliphatic heterocycles. The minimum atomic E-state index is -4.34. The SMILES string of the molecule is CCCCCCCCCCCCCCCCCC(=O)OC(COCC(C=O)CCCCCCCCCCCCCCCC)COP(=O)(O)OCC[N+](C)(C)C. The number of esters is 1. The number of phosphoric acid groups is 1. The Labute approximate surface area is 340 Å². The lowest BCUT2D eigenvalue weighted by Crippen LogP contribution is -2.37. The van der Waals surface area contributed by atoms with Crippen LogP contribution < -0.4 is 0 Å². The number of aldehydes is 1. The Bertz CT molecular complexity index is 899. The number of phosphoric ester groups is 1. The van der Waals surface area contributed by atoms with Crippen LogP contribution in [0.15, 0.2) is 0 Å². The maximum atomic E-state index is 12.8. The van der Waals surface area contributed by atoms with Crippen LogP contribution in [0.25, 0.3) is 0 Å². The first kappa shape index (κ1) is 54.2. The Kier molecular flexibility index (Phi) is 38.1. The van der Waals surface area contributed by atoms with Crippen molar-refractivity contribution in [3.05, 3.63) is 0 Å². The highest BCUT2D eigenvalue weighted by Crippen LogP contribution is 2.43. The van der Waals surface area contributed by atoms with E-state index in [1.165, 1.54) is 154 Å². The monoisotopic (exact) mass is 805 g/mol. The summed E-state index contributed by atoms with van der Waals surface area (Å²) in [6.45, 7) is 4.98. The van der Waals surface area contributed by atoms with Crippen LogP contribution in [0, 0.1) is 5.92 Å². The highest BCUT2D eigenvalue weighted by molar-refractivity contribution is 7.47. The molecule has 3 atom stereocenters. The number of carbonyl (C=O) groups excluding carboxylic acids is 2. The van der Waals surface area contributed by atoms with Gasteiger partial charge in [0.05, 0.1) is 41.0 Å². The van der Waals surface area contributed by atoms with Crippen molar-refractivity contribution in [1.82, 2.24) is 0 Å². The molecule has 0 saturated carbocycles. The molecule has 0 aromatic heterocycles. The molecule has 0 fully saturated rings. The molecule has 0 amide bonds. The first-order valence-corrected chi connectivity index (χ1v) is 24.7. The molecule has 0 aliphatic carbocycles. The predicted molar refractivity (Wildman–Crippen MR) is 229 cm³/mol. The summed E-state index contributed by atoms with van der Waals surface area (Å²) >= 11 is 0. The molecule has 0 heterocycles. The molecule has 0 radical (unpaired) electrons. The van der Waals surface area contributed by atoms with E-state index in [4.69, 9.17) is 18.5 Å². The van der Waals surface area contributed by atoms with Crippen LogP contribution in [0.3, 0.4) is 0 Å². The fourth-order valence-corrected chi connectivity index (χ4v) is 7.53. The lowest BCUT2D eigenvalue weighted by molar-refractivity contribution is -0.870. The van der Waals surface area contributed by atoms with Gasteiger partial charge in [-0.05, 0) is 12.8 Å². The summed E-state index contributed by atoms with van der Waals surface area (Å²) in [6, 6.07) is 0. The Balaban J connectivity index is 4.39. The van der Waals surface area contributed by atoms with E-state index in [-0.39, 0.29) is 44.7 Å². The van der Waals surface area contributed by atoms with Gasteiger partial charge in [-0.25, -0.2) is 4.57 Å². The van der Waals surface area contributed by atoms with Gasteiger partial charge in [-0.3, -0.25) is 13.8 Å². The molecule has 0 bridgehead atoms. The Morgan fingerprint density at radius 1 is 0.582 bits per heavy atom. The molecule has 0 saturated heterocycles. The third-order valence-corrected chi connectivity index (χ3v) is 11.5. The van der Waals surface area contributed by atoms with E-state index in [1.807, 2.05) is 21.1 Å². The van der Waals surface area contributed by atoms with Gasteiger partial charge in [0.15, 0.2) is 0 Å². The summed E-state index contributed by atoms with van der Waals surface area (Å²) in [5.41, 5.74) is 0. The van der Waals surface area contributed by atoms with Gasteiger partial charge < -0.3 is 23.6 Å². The number of ether oxygens (including phenoxy) is 2. The fraction of sp³-hybridized carbons (Fsp3) is 0.956. The van der Waals surface area contributed by atoms with E-state index in [2.05, 4.69) is 13.8 Å². The van der Waals surface area contributed by atoms with Crippen LogP contribution in [0.4, 0.5) is 0 Å². The van der Waals surface area contributed by atoms with Gasteiger partial charge in [0.25, 0.3) is 0 Å². The lowest BCUT2D eigenvalue weighted by atomic mass is 10.0. The van der Waals surface area contributed by atoms with Gasteiger partial charge >= 0.3 is 13.8 Å². The molecule has 0 aliphatic rings. The fourth-order valence-electron chi connectivity index (χ4n) is 6.79. The first-order valence-electron chi connectivity index (χ1n) is 23.2. The summed E-state index contributed by atoms with van der Waals surface area (Å²) in [7, 11) is 1.55. The van der Waals surface area contributed by atoms with Gasteiger partial charge in [-0.2, -0.15) is 0 Å². The number of likely N-dealkylation sites (N-methyl/N-ethyl adjacent to an activating group) is 1. The Morgan fingerprint density at radius 3 is 1.38 bits per heavy atom. The molecule has 328 valence electrons. The zero-order valence-electron chi connectivity index (χ0n) is 36.9. The van der Waals surface area contributed by atoms with Crippen LogP contribution in [-0.4, -0.2) is 81.9 Å². The quantitative estimate of drug-likeness (QED) is 0.0213. The number of quaternary nitrogens is 1. The van der Waals surface area contributed by atoms with Gasteiger partial charge in [-0.1, -0.05) is 194 Å². The van der Waals surface area contributed by atoms with Crippen LogP contribution >= 0.6 is 7.82 Å². The normalized spacial score (nSPS) is 14.1. The number of rotatable bonds is 44. The predicted octanol–water partition coefficient (Wildman–Crippen LogP) is 12.7. The molecule has 0 aromatic rings. The van der Waals surface area contributed by atoms with Gasteiger partial charge in [0.1, 0.15) is 25.5 Å². The number of carbonyl (C=O) groups is 2. The molecule has 55 heavy (non-hydrogen) atoms. The van der Waals surface area contributed by atoms with Crippen LogP contribution in [0.5, 0.6) is 0 Å². The van der Waals surface area contributed by atoms with Crippen LogP contribution in [0.1, 0.15) is 213 Å². The summed E-state index contributed by atoms with van der Waals surface area (Å²) in [5.74, 6) is -0.613. The number of hydrogen-bond donors (Lipinski definition) is 1. The van der Waals surface area contributed by atoms with Crippen molar-refractivity contribution in [2.24, 2.45) is 5.92 Å². The highest BCUT2D eigenvalue weighted by atomic mass is 31.2. The maximum absolute atomic E-state index is 12.8. The molecule has 10 heteroatoms. The molecule has 0 rings (SSSR count). The van der Waals surface area contributed by atoms with Crippen molar-refractivity contribution >= 4 is 20.1 Å². The molecular formula is C45H91NO8P+. The zero-order valence-corrected chi connectivity index (χ0v) is 37.8. The van der Waals surface area contributed by atoms with Crippen molar-refractivity contribution in [2.45, 2.75) is 219 Å². The molecule has 9 nitrogen and oxygen atoms in total. The lowest BCUT2D eigenvalue weighted by Gasteiger charge is -2.24. The topological polar surface area (TPSA) is 108 Å². The Hall–Kier alpha value is -0.830. The summed E-state index contributed by atoms with van der Waals surface area (Å²) in [5, 5.41) is 0. The van der Waals surface area contributed by atoms with Gasteiger partial charge in [0.2, 0.25) is 0 Å². The molecule has 0 spiro atoms. The minimum Gasteiger partial charge on any atom is -0.457 e.